The van der Waals surface area contributed by atoms with Gasteiger partial charge in [0.05, 0.1) is 0 Å². The van der Waals surface area contributed by atoms with Crippen LogP contribution in [0.3, 0.4) is 0 Å². The maximum Gasteiger partial charge on any atom is 0.227 e. The average molecular weight is 338 g/mol. The fourth-order valence-electron chi connectivity index (χ4n) is 3.16. The molecule has 0 aromatic carbocycles. The number of hydrogen-bond acceptors (Lipinski definition) is 6. The van der Waals surface area contributed by atoms with E-state index in [2.05, 4.69) is 25.0 Å². The Morgan fingerprint density at radius 2 is 1.96 bits per heavy atom. The molecular formula is C18H22N6O. The Bertz CT molecular complexity index is 816. The second-order valence-electron chi connectivity index (χ2n) is 6.42. The average Bonchev–Trinajstić information content (AvgIpc) is 3.30. The molecule has 1 saturated heterocycles. The quantitative estimate of drug-likeness (QED) is 0.712. The lowest BCUT2D eigenvalue weighted by Gasteiger charge is -2.27. The van der Waals surface area contributed by atoms with Crippen LogP contribution in [-0.4, -0.2) is 37.8 Å². The van der Waals surface area contributed by atoms with E-state index in [1.165, 1.54) is 19.3 Å². The first-order chi connectivity index (χ1) is 12.3. The van der Waals surface area contributed by atoms with Crippen LogP contribution in [0.4, 0.5) is 5.82 Å². The largest absolute Gasteiger partial charge is 0.357 e. The van der Waals surface area contributed by atoms with Gasteiger partial charge in [0.25, 0.3) is 0 Å². The maximum atomic E-state index is 5.37. The Balaban J connectivity index is 1.42. The van der Waals surface area contributed by atoms with E-state index >= 15 is 0 Å². The van der Waals surface area contributed by atoms with Gasteiger partial charge in [-0.3, -0.25) is 0 Å². The van der Waals surface area contributed by atoms with Gasteiger partial charge in [-0.05, 0) is 31.4 Å². The van der Waals surface area contributed by atoms with E-state index < -0.39 is 0 Å². The first kappa shape index (κ1) is 15.8. The molecule has 130 valence electrons. The van der Waals surface area contributed by atoms with Crippen molar-refractivity contribution in [3.63, 3.8) is 0 Å². The number of aromatic nitrogens is 5. The van der Waals surface area contributed by atoms with Crippen LogP contribution in [0, 0.1) is 0 Å². The van der Waals surface area contributed by atoms with Crippen LogP contribution in [0.2, 0.25) is 0 Å². The second kappa shape index (κ2) is 7.04. The van der Waals surface area contributed by atoms with E-state index in [1.54, 1.807) is 6.20 Å². The van der Waals surface area contributed by atoms with Crippen molar-refractivity contribution in [1.82, 2.24) is 24.7 Å². The van der Waals surface area contributed by atoms with Crippen LogP contribution in [0.25, 0.3) is 11.4 Å². The van der Waals surface area contributed by atoms with Crippen LogP contribution in [0.15, 0.2) is 35.2 Å². The summed E-state index contributed by atoms with van der Waals surface area (Å²) in [5, 5.41) is 4.08. The first-order valence-electron chi connectivity index (χ1n) is 8.80. The van der Waals surface area contributed by atoms with Crippen LogP contribution < -0.4 is 4.90 Å². The molecule has 7 heteroatoms. The number of nitrogens with zero attached hydrogens (tertiary/aromatic N) is 6. The van der Waals surface area contributed by atoms with Crippen molar-refractivity contribution in [2.75, 3.05) is 18.0 Å². The minimum atomic E-state index is 0.590. The third-order valence-electron chi connectivity index (χ3n) is 4.64. The summed E-state index contributed by atoms with van der Waals surface area (Å²) in [6.45, 7) is 2.18. The van der Waals surface area contributed by atoms with E-state index in [-0.39, 0.29) is 0 Å². The Hall–Kier alpha value is -2.70. The fourth-order valence-corrected chi connectivity index (χ4v) is 3.16. The van der Waals surface area contributed by atoms with Gasteiger partial charge in [-0.2, -0.15) is 4.98 Å². The van der Waals surface area contributed by atoms with Gasteiger partial charge in [0.15, 0.2) is 0 Å². The lowest BCUT2D eigenvalue weighted by Crippen LogP contribution is -2.29. The zero-order chi connectivity index (χ0) is 17.1. The summed E-state index contributed by atoms with van der Waals surface area (Å²) in [5.74, 6) is 3.25. The summed E-state index contributed by atoms with van der Waals surface area (Å²) >= 11 is 0. The Morgan fingerprint density at radius 1 is 1.08 bits per heavy atom. The van der Waals surface area contributed by atoms with Crippen LogP contribution in [0.5, 0.6) is 0 Å². The molecule has 0 spiro atoms. The monoisotopic (exact) mass is 338 g/mol. The molecule has 4 rings (SSSR count). The zero-order valence-corrected chi connectivity index (χ0v) is 14.4. The van der Waals surface area contributed by atoms with Crippen LogP contribution >= 0.6 is 0 Å². The molecule has 1 aliphatic heterocycles. The highest BCUT2D eigenvalue weighted by Crippen LogP contribution is 2.21. The molecule has 0 amide bonds. The minimum Gasteiger partial charge on any atom is -0.357 e. The van der Waals surface area contributed by atoms with Gasteiger partial charge >= 0.3 is 0 Å². The maximum absolute atomic E-state index is 5.37. The highest BCUT2D eigenvalue weighted by Gasteiger charge is 2.14. The van der Waals surface area contributed by atoms with Gasteiger partial charge < -0.3 is 14.0 Å². The van der Waals surface area contributed by atoms with Gasteiger partial charge in [0, 0.05) is 57.1 Å². The molecule has 0 atom stereocenters. The topological polar surface area (TPSA) is 72.9 Å². The van der Waals surface area contributed by atoms with Gasteiger partial charge in [0.1, 0.15) is 11.6 Å². The Morgan fingerprint density at radius 3 is 2.68 bits per heavy atom. The van der Waals surface area contributed by atoms with E-state index in [0.717, 1.165) is 36.7 Å². The molecular weight excluding hydrogens is 316 g/mol. The van der Waals surface area contributed by atoms with E-state index in [0.29, 0.717) is 18.1 Å². The normalized spacial score (nSPS) is 14.8. The highest BCUT2D eigenvalue weighted by molar-refractivity contribution is 5.55. The first-order valence-corrected chi connectivity index (χ1v) is 8.80. The van der Waals surface area contributed by atoms with E-state index in [4.69, 9.17) is 4.52 Å². The minimum absolute atomic E-state index is 0.590. The fraction of sp³-hybridized carbons (Fsp3) is 0.444. The summed E-state index contributed by atoms with van der Waals surface area (Å²) in [5.41, 5.74) is 0.882. The molecule has 0 bridgehead atoms. The molecule has 0 saturated carbocycles. The number of imidazole rings is 1. The Labute approximate surface area is 146 Å². The molecule has 7 nitrogen and oxygen atoms in total. The molecule has 1 fully saturated rings. The molecule has 3 aromatic heterocycles. The molecule has 0 radical (unpaired) electrons. The van der Waals surface area contributed by atoms with Crippen molar-refractivity contribution in [2.24, 2.45) is 7.05 Å². The number of aryl methyl sites for hydroxylation is 3. The van der Waals surface area contributed by atoms with Gasteiger partial charge in [-0.25, -0.2) is 9.97 Å². The van der Waals surface area contributed by atoms with Gasteiger partial charge in [0.2, 0.25) is 11.7 Å². The SMILES string of the molecule is Cn1ccnc1CCc1nc(-c2ccc(N3CCCCC3)nc2)no1. The zero-order valence-electron chi connectivity index (χ0n) is 14.4. The lowest BCUT2D eigenvalue weighted by molar-refractivity contribution is 0.377. The summed E-state index contributed by atoms with van der Waals surface area (Å²) in [4.78, 5) is 15.7. The second-order valence-corrected chi connectivity index (χ2v) is 6.42. The predicted octanol–water partition coefficient (Wildman–Crippen LogP) is 2.64. The molecule has 3 aromatic rings. The van der Waals surface area contributed by atoms with Crippen molar-refractivity contribution in [3.05, 3.63) is 42.4 Å². The van der Waals surface area contributed by atoms with Crippen molar-refractivity contribution in [1.29, 1.82) is 0 Å². The number of rotatable bonds is 5. The molecule has 25 heavy (non-hydrogen) atoms. The van der Waals surface area contributed by atoms with Crippen LogP contribution in [-0.2, 0) is 19.9 Å². The molecule has 1 aliphatic rings. The standard InChI is InChI=1S/C18H22N6O/c1-23-12-9-19-15(23)7-8-17-21-18(22-25-17)14-5-6-16(20-13-14)24-10-3-2-4-11-24/h5-6,9,12-13H,2-4,7-8,10-11H2,1H3. The lowest BCUT2D eigenvalue weighted by atomic mass is 10.1. The van der Waals surface area contributed by atoms with Crippen molar-refractivity contribution in [3.8, 4) is 11.4 Å². The number of anilines is 1. The highest BCUT2D eigenvalue weighted by atomic mass is 16.5. The third kappa shape index (κ3) is 3.55. The summed E-state index contributed by atoms with van der Waals surface area (Å²) in [6, 6.07) is 4.06. The Kier molecular flexibility index (Phi) is 4.45. The molecule has 4 heterocycles. The van der Waals surface area contributed by atoms with Crippen molar-refractivity contribution < 1.29 is 4.52 Å². The van der Waals surface area contributed by atoms with Crippen LogP contribution in [0.1, 0.15) is 31.0 Å². The van der Waals surface area contributed by atoms with Gasteiger partial charge in [-0.1, -0.05) is 5.16 Å². The molecule has 0 unspecified atom stereocenters. The predicted molar refractivity (Wildman–Crippen MR) is 94.2 cm³/mol. The smallest absolute Gasteiger partial charge is 0.227 e. The molecule has 0 aliphatic carbocycles. The summed E-state index contributed by atoms with van der Waals surface area (Å²) in [7, 11) is 1.98. The summed E-state index contributed by atoms with van der Waals surface area (Å²) < 4.78 is 7.37. The molecule has 0 N–H and O–H groups in total. The van der Waals surface area contributed by atoms with E-state index in [9.17, 15) is 0 Å². The number of pyridine rings is 1. The number of hydrogen-bond donors (Lipinski definition) is 0. The van der Waals surface area contributed by atoms with Crippen molar-refractivity contribution in [2.45, 2.75) is 32.1 Å². The van der Waals surface area contributed by atoms with Crippen molar-refractivity contribution >= 4 is 5.82 Å². The summed E-state index contributed by atoms with van der Waals surface area (Å²) in [6.07, 6.45) is 10.8. The van der Waals surface area contributed by atoms with Gasteiger partial charge in [-0.15, -0.1) is 0 Å². The van der Waals surface area contributed by atoms with E-state index in [1.807, 2.05) is 36.1 Å². The number of piperidine rings is 1. The third-order valence-corrected chi connectivity index (χ3v) is 4.64.